The Balaban J connectivity index is 1.56. The second-order valence-electron chi connectivity index (χ2n) is 7.47. The summed E-state index contributed by atoms with van der Waals surface area (Å²) in [5.74, 6) is 1.22. The highest BCUT2D eigenvalue weighted by atomic mass is 32.2. The molecule has 7 heteroatoms. The molecular formula is C27H25N3O2S2. The van der Waals surface area contributed by atoms with Gasteiger partial charge >= 0.3 is 0 Å². The average Bonchev–Trinajstić information content (AvgIpc) is 2.85. The molecule has 0 aliphatic carbocycles. The van der Waals surface area contributed by atoms with E-state index in [1.807, 2.05) is 67.6 Å². The van der Waals surface area contributed by atoms with E-state index in [0.29, 0.717) is 28.0 Å². The number of hydrogen-bond acceptors (Lipinski definition) is 6. The van der Waals surface area contributed by atoms with E-state index < -0.39 is 0 Å². The first kappa shape index (κ1) is 23.9. The number of aromatic nitrogens is 2. The molecule has 0 spiro atoms. The molecule has 3 aromatic carbocycles. The number of aryl methyl sites for hydroxylation is 1. The molecule has 0 fully saturated rings. The monoisotopic (exact) mass is 487 g/mol. The minimum Gasteiger partial charge on any atom is -0.494 e. The highest BCUT2D eigenvalue weighted by molar-refractivity contribution is 7.99. The third-order valence-corrected chi connectivity index (χ3v) is 6.75. The smallest absolute Gasteiger partial charge is 0.275 e. The van der Waals surface area contributed by atoms with Crippen molar-refractivity contribution in [1.29, 1.82) is 0 Å². The molecule has 4 rings (SSSR count). The number of anilines is 1. The summed E-state index contributed by atoms with van der Waals surface area (Å²) in [6.45, 7) is 4.60. The minimum atomic E-state index is -0.276. The summed E-state index contributed by atoms with van der Waals surface area (Å²) < 4.78 is 5.48. The first-order valence-corrected chi connectivity index (χ1v) is 12.7. The van der Waals surface area contributed by atoms with Crippen molar-refractivity contribution < 1.29 is 9.53 Å². The zero-order chi connectivity index (χ0) is 23.8. The van der Waals surface area contributed by atoms with Crippen LogP contribution in [0.3, 0.4) is 0 Å². The molecule has 0 radical (unpaired) electrons. The van der Waals surface area contributed by atoms with Crippen molar-refractivity contribution in [2.24, 2.45) is 0 Å². The van der Waals surface area contributed by atoms with Crippen LogP contribution in [-0.2, 0) is 5.75 Å². The Bertz CT molecular complexity index is 1250. The predicted molar refractivity (Wildman–Crippen MR) is 139 cm³/mol. The van der Waals surface area contributed by atoms with E-state index in [9.17, 15) is 4.79 Å². The maximum Gasteiger partial charge on any atom is 0.275 e. The quantitative estimate of drug-likeness (QED) is 0.205. The molecule has 0 unspecified atom stereocenters. The van der Waals surface area contributed by atoms with Crippen molar-refractivity contribution in [3.05, 3.63) is 102 Å². The van der Waals surface area contributed by atoms with Crippen LogP contribution in [0.25, 0.3) is 0 Å². The van der Waals surface area contributed by atoms with Crippen molar-refractivity contribution >= 4 is 35.1 Å². The van der Waals surface area contributed by atoms with E-state index in [2.05, 4.69) is 40.4 Å². The van der Waals surface area contributed by atoms with Gasteiger partial charge in [-0.2, -0.15) is 0 Å². The van der Waals surface area contributed by atoms with E-state index in [1.165, 1.54) is 34.7 Å². The van der Waals surface area contributed by atoms with E-state index >= 15 is 0 Å². The highest BCUT2D eigenvalue weighted by Gasteiger charge is 2.17. The van der Waals surface area contributed by atoms with Gasteiger partial charge in [0.15, 0.2) is 5.16 Å². The number of carbonyl (C=O) groups is 1. The molecule has 0 saturated heterocycles. The van der Waals surface area contributed by atoms with E-state index in [4.69, 9.17) is 4.74 Å². The van der Waals surface area contributed by atoms with Crippen LogP contribution >= 0.6 is 23.5 Å². The van der Waals surface area contributed by atoms with Crippen LogP contribution in [0.2, 0.25) is 0 Å². The summed E-state index contributed by atoms with van der Waals surface area (Å²) in [5.41, 5.74) is 3.43. The molecule has 1 N–H and O–H groups in total. The Morgan fingerprint density at radius 3 is 2.53 bits per heavy atom. The number of hydrogen-bond donors (Lipinski definition) is 1. The first-order valence-electron chi connectivity index (χ1n) is 10.9. The minimum absolute atomic E-state index is 0.276. The van der Waals surface area contributed by atoms with Gasteiger partial charge in [-0.15, -0.1) is 0 Å². The molecule has 0 aliphatic heterocycles. The van der Waals surface area contributed by atoms with Crippen LogP contribution in [-0.4, -0.2) is 22.5 Å². The van der Waals surface area contributed by atoms with Crippen LogP contribution in [0.5, 0.6) is 5.75 Å². The number of ether oxygens (including phenoxy) is 1. The third-order valence-electron chi connectivity index (χ3n) is 4.79. The Morgan fingerprint density at radius 2 is 1.79 bits per heavy atom. The topological polar surface area (TPSA) is 64.1 Å². The molecule has 0 bridgehead atoms. The van der Waals surface area contributed by atoms with E-state index in [0.717, 1.165) is 16.4 Å². The van der Waals surface area contributed by atoms with Gasteiger partial charge in [0, 0.05) is 22.5 Å². The van der Waals surface area contributed by atoms with Gasteiger partial charge < -0.3 is 10.1 Å². The molecule has 0 atom stereocenters. The molecular weight excluding hydrogens is 462 g/mol. The molecule has 5 nitrogen and oxygen atoms in total. The summed E-state index contributed by atoms with van der Waals surface area (Å²) in [7, 11) is 0. The molecule has 1 heterocycles. The summed E-state index contributed by atoms with van der Waals surface area (Å²) in [4.78, 5) is 24.1. The second-order valence-corrected chi connectivity index (χ2v) is 9.53. The zero-order valence-electron chi connectivity index (χ0n) is 19.0. The van der Waals surface area contributed by atoms with Gasteiger partial charge in [0.05, 0.1) is 11.5 Å². The van der Waals surface area contributed by atoms with Crippen molar-refractivity contribution in [2.45, 2.75) is 34.5 Å². The van der Waals surface area contributed by atoms with Crippen LogP contribution in [0, 0.1) is 6.92 Å². The first-order chi connectivity index (χ1) is 16.6. The van der Waals surface area contributed by atoms with Crippen LogP contribution < -0.4 is 10.1 Å². The average molecular weight is 488 g/mol. The molecule has 4 aromatic rings. The van der Waals surface area contributed by atoms with Crippen LogP contribution in [0.15, 0.2) is 100 Å². The van der Waals surface area contributed by atoms with Crippen LogP contribution in [0.4, 0.5) is 5.69 Å². The number of rotatable bonds is 9. The van der Waals surface area contributed by atoms with Gasteiger partial charge in [-0.25, -0.2) is 9.97 Å². The van der Waals surface area contributed by atoms with Gasteiger partial charge in [0.25, 0.3) is 5.91 Å². The number of benzene rings is 3. The number of amides is 1. The summed E-state index contributed by atoms with van der Waals surface area (Å²) in [6, 6.07) is 25.6. The molecule has 1 aromatic heterocycles. The van der Waals surface area contributed by atoms with Gasteiger partial charge in [-0.3, -0.25) is 4.79 Å². The lowest BCUT2D eigenvalue weighted by molar-refractivity contribution is 0.101. The van der Waals surface area contributed by atoms with Crippen molar-refractivity contribution in [1.82, 2.24) is 9.97 Å². The summed E-state index contributed by atoms with van der Waals surface area (Å²) >= 11 is 2.99. The Labute approximate surface area is 208 Å². The van der Waals surface area contributed by atoms with Crippen LogP contribution in [0.1, 0.15) is 28.5 Å². The fourth-order valence-electron chi connectivity index (χ4n) is 3.22. The number of nitrogens with zero attached hydrogens (tertiary/aromatic N) is 2. The molecule has 1 amide bonds. The zero-order valence-corrected chi connectivity index (χ0v) is 20.7. The van der Waals surface area contributed by atoms with Crippen molar-refractivity contribution in [2.75, 3.05) is 11.9 Å². The van der Waals surface area contributed by atoms with Crippen molar-refractivity contribution in [3.63, 3.8) is 0 Å². The lowest BCUT2D eigenvalue weighted by atomic mass is 10.2. The second kappa shape index (κ2) is 11.7. The Hall–Kier alpha value is -3.29. The maximum atomic E-state index is 13.3. The highest BCUT2D eigenvalue weighted by Crippen LogP contribution is 2.31. The fraction of sp³-hybridized carbons (Fsp3) is 0.148. The third kappa shape index (κ3) is 6.62. The molecule has 0 aliphatic rings. The van der Waals surface area contributed by atoms with E-state index in [1.54, 1.807) is 6.20 Å². The van der Waals surface area contributed by atoms with E-state index in [-0.39, 0.29) is 5.91 Å². The lowest BCUT2D eigenvalue weighted by Gasteiger charge is -2.11. The SMILES string of the molecule is CCOc1ccc(NC(=O)c2nc(SCc3cccc(C)c3)ncc2Sc2ccccc2)cc1. The molecule has 172 valence electrons. The van der Waals surface area contributed by atoms with Crippen molar-refractivity contribution in [3.8, 4) is 5.75 Å². The molecule has 34 heavy (non-hydrogen) atoms. The number of thioether (sulfide) groups is 1. The normalized spacial score (nSPS) is 10.6. The van der Waals surface area contributed by atoms with Gasteiger partial charge in [0.1, 0.15) is 11.4 Å². The lowest BCUT2D eigenvalue weighted by Crippen LogP contribution is -2.16. The molecule has 0 saturated carbocycles. The summed E-state index contributed by atoms with van der Waals surface area (Å²) in [5, 5.41) is 3.52. The van der Waals surface area contributed by atoms with Gasteiger partial charge in [-0.1, -0.05) is 71.6 Å². The number of nitrogens with one attached hydrogen (secondary N) is 1. The number of carbonyl (C=O) groups excluding carboxylic acids is 1. The Kier molecular flexibility index (Phi) is 8.22. The van der Waals surface area contributed by atoms with Gasteiger partial charge in [0.2, 0.25) is 0 Å². The fourth-order valence-corrected chi connectivity index (χ4v) is 4.86. The van der Waals surface area contributed by atoms with Gasteiger partial charge in [-0.05, 0) is 55.8 Å². The standard InChI is InChI=1S/C27H25N3O2S2/c1-3-32-22-14-12-21(13-15-22)29-26(31)25-24(34-23-10-5-4-6-11-23)17-28-27(30-25)33-18-20-9-7-8-19(2)16-20/h4-17H,3,18H2,1-2H3,(H,29,31). The largest absolute Gasteiger partial charge is 0.494 e. The predicted octanol–water partition coefficient (Wildman–Crippen LogP) is 6.88. The Morgan fingerprint density at radius 1 is 1.00 bits per heavy atom. The maximum absolute atomic E-state index is 13.3. The summed E-state index contributed by atoms with van der Waals surface area (Å²) in [6.07, 6.45) is 1.73.